The fraction of sp³-hybridized carbons (Fsp3) is 0.513. The summed E-state index contributed by atoms with van der Waals surface area (Å²) in [5, 5.41) is -0.0624. The lowest BCUT2D eigenvalue weighted by Gasteiger charge is -2.37. The molecular formula is C39H54O7Si. The van der Waals surface area contributed by atoms with Gasteiger partial charge in [0, 0.05) is 25.7 Å². The smallest absolute Gasteiger partial charge is 0.342 e. The Morgan fingerprint density at radius 2 is 1.74 bits per heavy atom. The van der Waals surface area contributed by atoms with Gasteiger partial charge in [0.25, 0.3) is 8.32 Å². The number of carbonyl (C=O) groups excluding carboxylic acids is 1. The Hall–Kier alpha value is -3.17. The first-order valence-electron chi connectivity index (χ1n) is 16.9. The molecule has 0 bridgehead atoms. The molecule has 7 nitrogen and oxygen atoms in total. The van der Waals surface area contributed by atoms with Crippen molar-refractivity contribution in [3.63, 3.8) is 0 Å². The second kappa shape index (κ2) is 16.3. The number of methoxy groups -OCH3 is 1. The molecule has 2 aliphatic rings. The third kappa shape index (κ3) is 9.69. The maximum Gasteiger partial charge on any atom is 0.342 e. The predicted octanol–water partition coefficient (Wildman–Crippen LogP) is 9.43. The van der Waals surface area contributed by atoms with Crippen LogP contribution in [0.3, 0.4) is 0 Å². The van der Waals surface area contributed by atoms with Crippen molar-refractivity contribution in [1.29, 1.82) is 0 Å². The molecule has 0 aromatic heterocycles. The van der Waals surface area contributed by atoms with Crippen molar-refractivity contribution < 1.29 is 32.9 Å². The van der Waals surface area contributed by atoms with Gasteiger partial charge in [-0.25, -0.2) is 4.79 Å². The van der Waals surface area contributed by atoms with Crippen LogP contribution in [0.25, 0.3) is 6.08 Å². The van der Waals surface area contributed by atoms with E-state index >= 15 is 0 Å². The van der Waals surface area contributed by atoms with E-state index in [4.69, 9.17) is 28.1 Å². The van der Waals surface area contributed by atoms with Gasteiger partial charge in [-0.1, -0.05) is 75.8 Å². The molecule has 256 valence electrons. The highest BCUT2D eigenvalue weighted by Crippen LogP contribution is 2.42. The van der Waals surface area contributed by atoms with Crippen molar-refractivity contribution in [1.82, 2.24) is 0 Å². The Bertz CT molecular complexity index is 1370. The highest BCUT2D eigenvalue weighted by atomic mass is 28.4. The molecule has 1 spiro atoms. The molecule has 4 rings (SSSR count). The van der Waals surface area contributed by atoms with Gasteiger partial charge in [-0.05, 0) is 60.3 Å². The van der Waals surface area contributed by atoms with Crippen LogP contribution in [0.1, 0.15) is 87.2 Å². The van der Waals surface area contributed by atoms with E-state index < -0.39 is 26.2 Å². The summed E-state index contributed by atoms with van der Waals surface area (Å²) >= 11 is 0. The largest absolute Gasteiger partial charge is 0.543 e. The molecular weight excluding hydrogens is 609 g/mol. The Morgan fingerprint density at radius 3 is 2.38 bits per heavy atom. The van der Waals surface area contributed by atoms with Crippen molar-refractivity contribution in [3.05, 3.63) is 90.5 Å². The van der Waals surface area contributed by atoms with Gasteiger partial charge in [-0.15, -0.1) is 13.2 Å². The van der Waals surface area contributed by atoms with Crippen LogP contribution in [0.5, 0.6) is 11.5 Å². The average molecular weight is 663 g/mol. The highest BCUT2D eigenvalue weighted by molar-refractivity contribution is 6.74. The second-order valence-electron chi connectivity index (χ2n) is 14.1. The van der Waals surface area contributed by atoms with Crippen molar-refractivity contribution in [2.45, 2.75) is 115 Å². The van der Waals surface area contributed by atoms with Gasteiger partial charge in [0.2, 0.25) is 0 Å². The van der Waals surface area contributed by atoms with Gasteiger partial charge in [0.05, 0.1) is 20.3 Å². The SMILES string of the molecule is C=CC[C@H](CCOCc1ccc(OC)cc1)OC(=O)c1c(/C=C/[C@@H]2OC3(CCCCC3)O[C@H]2C=C)cccc1O[Si](C)(C)C(C)(C)C. The zero-order valence-corrected chi connectivity index (χ0v) is 30.2. The van der Waals surface area contributed by atoms with E-state index in [0.717, 1.165) is 37.0 Å². The maximum absolute atomic E-state index is 14.1. The predicted molar refractivity (Wildman–Crippen MR) is 190 cm³/mol. The molecule has 1 heterocycles. The first-order chi connectivity index (χ1) is 22.4. The van der Waals surface area contributed by atoms with Gasteiger partial charge >= 0.3 is 5.97 Å². The lowest BCUT2D eigenvalue weighted by atomic mass is 9.94. The summed E-state index contributed by atoms with van der Waals surface area (Å²) in [6, 6.07) is 13.5. The Labute approximate surface area is 283 Å². The number of hydrogen-bond donors (Lipinski definition) is 0. The van der Waals surface area contributed by atoms with Gasteiger partial charge in [-0.2, -0.15) is 0 Å². The van der Waals surface area contributed by atoms with Crippen molar-refractivity contribution in [3.8, 4) is 11.5 Å². The van der Waals surface area contributed by atoms with E-state index in [1.54, 1.807) is 19.3 Å². The minimum Gasteiger partial charge on any atom is -0.543 e. The van der Waals surface area contributed by atoms with Crippen LogP contribution < -0.4 is 9.16 Å². The van der Waals surface area contributed by atoms with E-state index in [9.17, 15) is 4.79 Å². The van der Waals surface area contributed by atoms with Crippen LogP contribution in [-0.4, -0.2) is 52.1 Å². The third-order valence-electron chi connectivity index (χ3n) is 9.49. The Balaban J connectivity index is 1.54. The second-order valence-corrected chi connectivity index (χ2v) is 18.8. The average Bonchev–Trinajstić information content (AvgIpc) is 3.38. The van der Waals surface area contributed by atoms with Crippen molar-refractivity contribution >= 4 is 20.4 Å². The van der Waals surface area contributed by atoms with Gasteiger partial charge in [0.1, 0.15) is 35.4 Å². The topological polar surface area (TPSA) is 72.5 Å². The fourth-order valence-electron chi connectivity index (χ4n) is 5.68. The molecule has 0 amide bonds. The molecule has 1 saturated heterocycles. The lowest BCUT2D eigenvalue weighted by molar-refractivity contribution is -0.187. The Morgan fingerprint density at radius 1 is 1.04 bits per heavy atom. The molecule has 2 aromatic carbocycles. The normalized spacial score (nSPS) is 20.2. The van der Waals surface area contributed by atoms with Gasteiger partial charge < -0.3 is 28.1 Å². The summed E-state index contributed by atoms with van der Waals surface area (Å²) < 4.78 is 37.0. The lowest BCUT2D eigenvalue weighted by Crippen LogP contribution is -2.44. The number of esters is 1. The van der Waals surface area contributed by atoms with Crippen LogP contribution >= 0.6 is 0 Å². The molecule has 3 atom stereocenters. The molecule has 2 aromatic rings. The highest BCUT2D eigenvalue weighted by Gasteiger charge is 2.46. The maximum atomic E-state index is 14.1. The molecule has 8 heteroatoms. The van der Waals surface area contributed by atoms with Gasteiger partial charge in [-0.3, -0.25) is 0 Å². The van der Waals surface area contributed by atoms with E-state index in [1.165, 1.54) is 6.42 Å². The number of carbonyl (C=O) groups is 1. The van der Waals surface area contributed by atoms with E-state index in [0.29, 0.717) is 42.9 Å². The van der Waals surface area contributed by atoms with Gasteiger partial charge in [0.15, 0.2) is 5.79 Å². The van der Waals surface area contributed by atoms with E-state index in [1.807, 2.05) is 54.6 Å². The minimum absolute atomic E-state index is 0.0624. The van der Waals surface area contributed by atoms with E-state index in [-0.39, 0.29) is 17.2 Å². The Kier molecular flexibility index (Phi) is 12.7. The third-order valence-corrected chi connectivity index (χ3v) is 13.8. The zero-order valence-electron chi connectivity index (χ0n) is 29.2. The summed E-state index contributed by atoms with van der Waals surface area (Å²) in [7, 11) is -0.646. The van der Waals surface area contributed by atoms with Crippen LogP contribution in [0, 0.1) is 0 Å². The summed E-state index contributed by atoms with van der Waals surface area (Å²) in [6.07, 6.45) is 12.7. The summed E-state index contributed by atoms with van der Waals surface area (Å²) in [4.78, 5) is 14.1. The monoisotopic (exact) mass is 662 g/mol. The number of hydrogen-bond acceptors (Lipinski definition) is 7. The number of rotatable bonds is 15. The number of benzene rings is 2. The summed E-state index contributed by atoms with van der Waals surface area (Å²) in [5.74, 6) is 0.337. The van der Waals surface area contributed by atoms with Crippen molar-refractivity contribution in [2.24, 2.45) is 0 Å². The molecule has 0 unspecified atom stereocenters. The van der Waals surface area contributed by atoms with Crippen LogP contribution in [0.15, 0.2) is 73.9 Å². The molecule has 1 saturated carbocycles. The number of ether oxygens (including phenoxy) is 5. The van der Waals surface area contributed by atoms with Crippen LogP contribution in [0.4, 0.5) is 0 Å². The molecule has 0 radical (unpaired) electrons. The fourth-order valence-corrected chi connectivity index (χ4v) is 6.71. The van der Waals surface area contributed by atoms with Crippen LogP contribution in [-0.2, 0) is 25.6 Å². The standard InChI is InChI=1S/C39H54O7Si/c1-9-15-32(24-27-42-28-29-18-21-31(41-6)22-19-29)43-37(40)36-30(16-14-17-35(36)46-47(7,8)38(3,4)5)20-23-34-33(10-2)44-39(45-34)25-12-11-13-26-39/h9-10,14,16-23,32-34H,1-2,11-13,15,24-28H2,3-8H3/b23-20+/t32-,33+,34+/m1/s1. The molecule has 1 aliphatic heterocycles. The minimum atomic E-state index is -2.29. The van der Waals surface area contributed by atoms with Crippen molar-refractivity contribution in [2.75, 3.05) is 13.7 Å². The van der Waals surface area contributed by atoms with Crippen LogP contribution in [0.2, 0.25) is 18.1 Å². The first-order valence-corrected chi connectivity index (χ1v) is 19.8. The molecule has 0 N–H and O–H groups in total. The van der Waals surface area contributed by atoms with E-state index in [2.05, 4.69) is 47.0 Å². The zero-order chi connectivity index (χ0) is 34.1. The quantitative estimate of drug-likeness (QED) is 0.0814. The molecule has 2 fully saturated rings. The first kappa shape index (κ1) is 36.7. The summed E-state index contributed by atoms with van der Waals surface area (Å²) in [6.45, 7) is 19.7. The molecule has 1 aliphatic carbocycles. The molecule has 47 heavy (non-hydrogen) atoms. The summed E-state index contributed by atoms with van der Waals surface area (Å²) in [5.41, 5.74) is 2.15.